The van der Waals surface area contributed by atoms with E-state index in [9.17, 15) is 0 Å². The Kier molecular flexibility index (Phi) is 2.70. The van der Waals surface area contributed by atoms with Crippen molar-refractivity contribution in [2.24, 2.45) is 24.8 Å². The fourth-order valence-corrected chi connectivity index (χ4v) is 6.75. The third kappa shape index (κ3) is 1.90. The molecule has 7 rings (SSSR count). The highest BCUT2D eigenvalue weighted by Gasteiger charge is 2.55. The number of nitrogens with zero attached hydrogens (tertiary/aromatic N) is 3. The molecule has 27 heavy (non-hydrogen) atoms. The van der Waals surface area contributed by atoms with Crippen LogP contribution in [0, 0.1) is 17.8 Å². The molecule has 4 aliphatic rings. The molecule has 5 heteroatoms. The number of rotatable bonds is 2. The van der Waals surface area contributed by atoms with Crippen molar-refractivity contribution < 1.29 is 0 Å². The molecule has 5 nitrogen and oxygen atoms in total. The van der Waals surface area contributed by atoms with Crippen LogP contribution in [0.15, 0.2) is 24.5 Å². The zero-order valence-electron chi connectivity index (χ0n) is 15.7. The van der Waals surface area contributed by atoms with Gasteiger partial charge in [-0.05, 0) is 73.5 Å². The monoisotopic (exact) mass is 359 g/mol. The molecule has 2 bridgehead atoms. The SMILES string of the molecule is Cn1cc(C2Nc3ccc4[nH]ncc4c3C3C4CCC(C4)C23)c(C2CC2)n1. The molecular weight excluding hydrogens is 334 g/mol. The Hall–Kier alpha value is -2.30. The summed E-state index contributed by atoms with van der Waals surface area (Å²) in [6, 6.07) is 4.87. The summed E-state index contributed by atoms with van der Waals surface area (Å²) >= 11 is 0. The predicted molar refractivity (Wildman–Crippen MR) is 105 cm³/mol. The summed E-state index contributed by atoms with van der Waals surface area (Å²) in [6.07, 6.45) is 11.2. The van der Waals surface area contributed by atoms with Gasteiger partial charge in [-0.1, -0.05) is 0 Å². The second kappa shape index (κ2) is 4.94. The van der Waals surface area contributed by atoms with Crippen LogP contribution in [-0.2, 0) is 7.05 Å². The van der Waals surface area contributed by atoms with Crippen LogP contribution in [0.3, 0.4) is 0 Å². The highest BCUT2D eigenvalue weighted by molar-refractivity contribution is 5.88. The molecule has 3 fully saturated rings. The number of nitrogens with one attached hydrogen (secondary N) is 2. The Morgan fingerprint density at radius 3 is 2.89 bits per heavy atom. The second-order valence-corrected chi connectivity index (χ2v) is 9.33. The number of H-pyrrole nitrogens is 1. The zero-order chi connectivity index (χ0) is 17.7. The quantitative estimate of drug-likeness (QED) is 0.710. The first-order chi connectivity index (χ1) is 13.3. The van der Waals surface area contributed by atoms with Gasteiger partial charge in [-0.15, -0.1) is 0 Å². The third-order valence-electron chi connectivity index (χ3n) is 7.86. The topological polar surface area (TPSA) is 58.5 Å². The van der Waals surface area contributed by atoms with E-state index < -0.39 is 0 Å². The molecule has 138 valence electrons. The Labute approximate surface area is 158 Å². The van der Waals surface area contributed by atoms with E-state index in [4.69, 9.17) is 5.10 Å². The van der Waals surface area contributed by atoms with Crippen molar-refractivity contribution in [3.05, 3.63) is 41.3 Å². The highest BCUT2D eigenvalue weighted by atomic mass is 15.3. The lowest BCUT2D eigenvalue weighted by Crippen LogP contribution is -2.35. The molecule has 1 aromatic carbocycles. The molecule has 3 heterocycles. The smallest absolute Gasteiger partial charge is 0.0708 e. The summed E-state index contributed by atoms with van der Waals surface area (Å²) in [5.41, 5.74) is 6.88. The minimum atomic E-state index is 0.409. The summed E-state index contributed by atoms with van der Waals surface area (Å²) in [5, 5.41) is 17.7. The molecule has 1 aliphatic heterocycles. The van der Waals surface area contributed by atoms with Crippen molar-refractivity contribution in [2.75, 3.05) is 5.32 Å². The fraction of sp³-hybridized carbons (Fsp3) is 0.545. The summed E-state index contributed by atoms with van der Waals surface area (Å²) in [7, 11) is 2.08. The van der Waals surface area contributed by atoms with E-state index in [0.29, 0.717) is 23.8 Å². The van der Waals surface area contributed by atoms with E-state index in [2.05, 4.69) is 40.9 Å². The molecule has 5 unspecified atom stereocenters. The maximum atomic E-state index is 4.88. The maximum absolute atomic E-state index is 4.88. The lowest BCUT2D eigenvalue weighted by atomic mass is 9.67. The number of anilines is 1. The highest BCUT2D eigenvalue weighted by Crippen LogP contribution is 2.65. The van der Waals surface area contributed by atoms with Crippen molar-refractivity contribution in [1.82, 2.24) is 20.0 Å². The molecule has 0 saturated heterocycles. The molecule has 2 aromatic heterocycles. The normalized spacial score (nSPS) is 33.9. The Morgan fingerprint density at radius 2 is 2.00 bits per heavy atom. The number of hydrogen-bond donors (Lipinski definition) is 2. The number of aromatic amines is 1. The Bertz CT molecular complexity index is 1060. The second-order valence-electron chi connectivity index (χ2n) is 9.33. The number of aromatic nitrogens is 4. The first-order valence-electron chi connectivity index (χ1n) is 10.5. The molecular formula is C22H25N5. The number of benzene rings is 1. The van der Waals surface area contributed by atoms with Gasteiger partial charge in [-0.25, -0.2) is 0 Å². The molecule has 3 aliphatic carbocycles. The van der Waals surface area contributed by atoms with Gasteiger partial charge >= 0.3 is 0 Å². The zero-order valence-corrected chi connectivity index (χ0v) is 15.7. The number of hydrogen-bond acceptors (Lipinski definition) is 3. The van der Waals surface area contributed by atoms with Crippen molar-refractivity contribution >= 4 is 16.6 Å². The van der Waals surface area contributed by atoms with E-state index in [1.807, 2.05) is 10.9 Å². The van der Waals surface area contributed by atoms with Crippen LogP contribution in [0.2, 0.25) is 0 Å². The Morgan fingerprint density at radius 1 is 1.11 bits per heavy atom. The first kappa shape index (κ1) is 14.7. The van der Waals surface area contributed by atoms with Gasteiger partial charge in [-0.2, -0.15) is 10.2 Å². The van der Waals surface area contributed by atoms with Crippen molar-refractivity contribution in [3.8, 4) is 0 Å². The lowest BCUT2D eigenvalue weighted by molar-refractivity contribution is 0.248. The van der Waals surface area contributed by atoms with Gasteiger partial charge in [0, 0.05) is 35.8 Å². The Balaban J connectivity index is 1.44. The van der Waals surface area contributed by atoms with E-state index in [1.165, 1.54) is 65.5 Å². The van der Waals surface area contributed by atoms with E-state index in [1.54, 1.807) is 0 Å². The summed E-state index contributed by atoms with van der Waals surface area (Å²) in [6.45, 7) is 0. The van der Waals surface area contributed by atoms with Gasteiger partial charge < -0.3 is 5.32 Å². The molecule has 0 radical (unpaired) electrons. The third-order valence-corrected chi connectivity index (χ3v) is 7.86. The van der Waals surface area contributed by atoms with Crippen LogP contribution < -0.4 is 5.32 Å². The minimum absolute atomic E-state index is 0.409. The van der Waals surface area contributed by atoms with Crippen LogP contribution in [-0.4, -0.2) is 20.0 Å². The molecule has 5 atom stereocenters. The summed E-state index contributed by atoms with van der Waals surface area (Å²) < 4.78 is 2.04. The molecule has 0 spiro atoms. The average molecular weight is 359 g/mol. The van der Waals surface area contributed by atoms with Gasteiger partial charge in [0.15, 0.2) is 0 Å². The standard InChI is InChI=1S/C22H25N5/c1-27-10-15(21(26-27)11-2-3-11)22-19-13-5-4-12(8-13)18(19)20-14-9-23-25-16(14)6-7-17(20)24-22/h6-7,9-13,18-19,22,24H,2-5,8H2,1H3,(H,23,25). The number of fused-ring (bicyclic) bond motifs is 9. The summed E-state index contributed by atoms with van der Waals surface area (Å²) in [4.78, 5) is 0. The van der Waals surface area contributed by atoms with E-state index in [0.717, 1.165) is 11.8 Å². The molecule has 0 amide bonds. The van der Waals surface area contributed by atoms with Crippen molar-refractivity contribution in [1.29, 1.82) is 0 Å². The maximum Gasteiger partial charge on any atom is 0.0708 e. The lowest BCUT2D eigenvalue weighted by Gasteiger charge is -2.43. The van der Waals surface area contributed by atoms with Crippen molar-refractivity contribution in [2.45, 2.75) is 50.0 Å². The van der Waals surface area contributed by atoms with Crippen LogP contribution in [0.25, 0.3) is 10.9 Å². The fourth-order valence-electron chi connectivity index (χ4n) is 6.75. The largest absolute Gasteiger partial charge is 0.378 e. The van der Waals surface area contributed by atoms with Gasteiger partial charge in [0.05, 0.1) is 23.4 Å². The average Bonchev–Trinajstić information content (AvgIpc) is 3.08. The van der Waals surface area contributed by atoms with Crippen LogP contribution in [0.1, 0.15) is 66.8 Å². The van der Waals surface area contributed by atoms with Crippen LogP contribution >= 0.6 is 0 Å². The van der Waals surface area contributed by atoms with Gasteiger partial charge in [0.1, 0.15) is 0 Å². The van der Waals surface area contributed by atoms with Crippen molar-refractivity contribution in [3.63, 3.8) is 0 Å². The predicted octanol–water partition coefficient (Wildman–Crippen LogP) is 4.47. The van der Waals surface area contributed by atoms with Crippen LogP contribution in [0.5, 0.6) is 0 Å². The number of aryl methyl sites for hydroxylation is 1. The molecule has 3 aromatic rings. The molecule has 3 saturated carbocycles. The van der Waals surface area contributed by atoms with Gasteiger partial charge in [0.2, 0.25) is 0 Å². The van der Waals surface area contributed by atoms with Crippen LogP contribution in [0.4, 0.5) is 5.69 Å². The minimum Gasteiger partial charge on any atom is -0.378 e. The van der Waals surface area contributed by atoms with E-state index in [-0.39, 0.29) is 0 Å². The first-order valence-corrected chi connectivity index (χ1v) is 10.5. The molecule has 2 N–H and O–H groups in total. The van der Waals surface area contributed by atoms with Gasteiger partial charge in [0.25, 0.3) is 0 Å². The summed E-state index contributed by atoms with van der Waals surface area (Å²) in [5.74, 6) is 3.74. The van der Waals surface area contributed by atoms with Gasteiger partial charge in [-0.3, -0.25) is 9.78 Å². The van der Waals surface area contributed by atoms with E-state index >= 15 is 0 Å².